The maximum absolute atomic E-state index is 3.68. The van der Waals surface area contributed by atoms with Crippen LogP contribution in [-0.2, 0) is 6.42 Å². The number of likely N-dealkylation sites (N-methyl/N-ethyl adjacent to an activating group) is 1. The highest BCUT2D eigenvalue weighted by Gasteiger charge is 2.16. The number of rotatable bonds is 11. The first kappa shape index (κ1) is 20.4. The smallest absolute Gasteiger partial charge is 0.0467 e. The highest BCUT2D eigenvalue weighted by molar-refractivity contribution is 5.27. The quantitative estimate of drug-likeness (QED) is 0.645. The number of nitrogens with zero attached hydrogens (tertiary/aromatic N) is 2. The van der Waals surface area contributed by atoms with Gasteiger partial charge < -0.3 is 20.4 Å². The van der Waals surface area contributed by atoms with Gasteiger partial charge in [0.25, 0.3) is 0 Å². The van der Waals surface area contributed by atoms with Crippen molar-refractivity contribution in [3.8, 4) is 0 Å². The summed E-state index contributed by atoms with van der Waals surface area (Å²) in [6.45, 7) is 12.5. The first-order valence-electron chi connectivity index (χ1n) is 9.90. The van der Waals surface area contributed by atoms with E-state index in [4.69, 9.17) is 0 Å². The number of hydrogen-bond donors (Lipinski definition) is 2. The normalized spacial score (nSPS) is 17.7. The Morgan fingerprint density at radius 1 is 1.12 bits per heavy atom. The van der Waals surface area contributed by atoms with Crippen molar-refractivity contribution in [1.29, 1.82) is 0 Å². The highest BCUT2D eigenvalue weighted by atomic mass is 15.2. The first-order valence-corrected chi connectivity index (χ1v) is 9.90. The van der Waals surface area contributed by atoms with Crippen LogP contribution in [0.5, 0.6) is 0 Å². The fourth-order valence-electron chi connectivity index (χ4n) is 3.37. The third-order valence-corrected chi connectivity index (χ3v) is 5.09. The maximum Gasteiger partial charge on any atom is 0.0467 e. The predicted molar refractivity (Wildman–Crippen MR) is 108 cm³/mol. The molecule has 1 aromatic carbocycles. The molecule has 1 aliphatic heterocycles. The van der Waals surface area contributed by atoms with E-state index in [1.165, 1.54) is 37.2 Å². The fourth-order valence-corrected chi connectivity index (χ4v) is 3.37. The highest BCUT2D eigenvalue weighted by Crippen LogP contribution is 2.19. The predicted octanol–water partition coefficient (Wildman–Crippen LogP) is 2.51. The van der Waals surface area contributed by atoms with Crippen molar-refractivity contribution in [2.75, 3.05) is 46.8 Å². The minimum Gasteiger partial charge on any atom is -0.313 e. The van der Waals surface area contributed by atoms with E-state index >= 15 is 0 Å². The molecule has 0 spiro atoms. The minimum atomic E-state index is 0.414. The first-order chi connectivity index (χ1) is 12.0. The van der Waals surface area contributed by atoms with Gasteiger partial charge in [-0.1, -0.05) is 38.1 Å². The van der Waals surface area contributed by atoms with Gasteiger partial charge in [-0.2, -0.15) is 0 Å². The molecule has 1 unspecified atom stereocenters. The largest absolute Gasteiger partial charge is 0.313 e. The molecule has 0 radical (unpaired) electrons. The Morgan fingerprint density at radius 2 is 1.88 bits per heavy atom. The molecule has 1 heterocycles. The second-order valence-corrected chi connectivity index (χ2v) is 8.04. The molecule has 0 saturated carbocycles. The summed E-state index contributed by atoms with van der Waals surface area (Å²) in [6, 6.07) is 10.6. The van der Waals surface area contributed by atoms with Crippen molar-refractivity contribution in [2.24, 2.45) is 0 Å². The van der Waals surface area contributed by atoms with Crippen LogP contribution in [-0.4, -0.2) is 68.7 Å². The number of benzene rings is 1. The zero-order valence-electron chi connectivity index (χ0n) is 16.9. The lowest BCUT2D eigenvalue weighted by molar-refractivity contribution is 0.180. The molecule has 4 heteroatoms. The molecule has 2 atom stereocenters. The van der Waals surface area contributed by atoms with Gasteiger partial charge in [-0.05, 0) is 58.1 Å². The molecule has 0 bridgehead atoms. The van der Waals surface area contributed by atoms with Gasteiger partial charge in [0.1, 0.15) is 0 Å². The number of hydrogen-bond acceptors (Lipinski definition) is 4. The lowest BCUT2D eigenvalue weighted by Gasteiger charge is -2.31. The minimum absolute atomic E-state index is 0.414. The van der Waals surface area contributed by atoms with Crippen LogP contribution in [0.4, 0.5) is 0 Å². The van der Waals surface area contributed by atoms with E-state index in [9.17, 15) is 0 Å². The van der Waals surface area contributed by atoms with Gasteiger partial charge in [-0.3, -0.25) is 0 Å². The summed E-state index contributed by atoms with van der Waals surface area (Å²) in [6.07, 6.45) is 2.46. The van der Waals surface area contributed by atoms with Gasteiger partial charge in [0.05, 0.1) is 0 Å². The Hall–Kier alpha value is -0.940. The van der Waals surface area contributed by atoms with Crippen molar-refractivity contribution in [3.63, 3.8) is 0 Å². The molecule has 2 rings (SSSR count). The SMILES string of the molecule is CC(C)NC[C@H](c1cccc(CC(C)NCCN2CCC2)c1)N(C)C. The Labute approximate surface area is 155 Å². The summed E-state index contributed by atoms with van der Waals surface area (Å²) in [5, 5.41) is 7.25. The van der Waals surface area contributed by atoms with Crippen LogP contribution in [0.25, 0.3) is 0 Å². The van der Waals surface area contributed by atoms with Crippen molar-refractivity contribution >= 4 is 0 Å². The van der Waals surface area contributed by atoms with Crippen LogP contribution in [0.1, 0.15) is 44.4 Å². The zero-order chi connectivity index (χ0) is 18.2. The van der Waals surface area contributed by atoms with Crippen molar-refractivity contribution < 1.29 is 0 Å². The van der Waals surface area contributed by atoms with Gasteiger partial charge >= 0.3 is 0 Å². The Bertz CT molecular complexity index is 496. The van der Waals surface area contributed by atoms with Gasteiger partial charge in [-0.15, -0.1) is 0 Å². The summed E-state index contributed by atoms with van der Waals surface area (Å²) >= 11 is 0. The molecular weight excluding hydrogens is 308 g/mol. The lowest BCUT2D eigenvalue weighted by Crippen LogP contribution is -2.43. The Kier molecular flexibility index (Phi) is 8.37. The summed E-state index contributed by atoms with van der Waals surface area (Å²) in [5.41, 5.74) is 2.83. The Balaban J connectivity index is 1.87. The van der Waals surface area contributed by atoms with Crippen molar-refractivity contribution in [1.82, 2.24) is 20.4 Å². The van der Waals surface area contributed by atoms with Crippen LogP contribution in [0.3, 0.4) is 0 Å². The van der Waals surface area contributed by atoms with Crippen LogP contribution < -0.4 is 10.6 Å². The molecular formula is C21H38N4. The third-order valence-electron chi connectivity index (χ3n) is 5.09. The van der Waals surface area contributed by atoms with Crippen LogP contribution in [0.2, 0.25) is 0 Å². The topological polar surface area (TPSA) is 30.5 Å². The van der Waals surface area contributed by atoms with E-state index in [0.717, 1.165) is 19.5 Å². The van der Waals surface area contributed by atoms with Crippen molar-refractivity contribution in [3.05, 3.63) is 35.4 Å². The maximum atomic E-state index is 3.68. The van der Waals surface area contributed by atoms with E-state index in [-0.39, 0.29) is 0 Å². The van der Waals surface area contributed by atoms with Gasteiger partial charge in [0.15, 0.2) is 0 Å². The molecule has 1 aromatic rings. The van der Waals surface area contributed by atoms with E-state index in [0.29, 0.717) is 18.1 Å². The Morgan fingerprint density at radius 3 is 2.48 bits per heavy atom. The molecule has 1 aliphatic rings. The second-order valence-electron chi connectivity index (χ2n) is 8.04. The summed E-state index contributed by atoms with van der Waals surface area (Å²) < 4.78 is 0. The molecule has 142 valence electrons. The molecule has 1 fully saturated rings. The molecule has 1 saturated heterocycles. The second kappa shape index (κ2) is 10.3. The number of nitrogens with one attached hydrogen (secondary N) is 2. The molecule has 0 aliphatic carbocycles. The van der Waals surface area contributed by atoms with E-state index in [2.05, 4.69) is 79.6 Å². The monoisotopic (exact) mass is 346 g/mol. The van der Waals surface area contributed by atoms with Crippen LogP contribution in [0, 0.1) is 0 Å². The van der Waals surface area contributed by atoms with Crippen LogP contribution >= 0.6 is 0 Å². The standard InChI is InChI=1S/C21H38N4/c1-17(2)23-16-21(24(4)5)20-9-6-8-19(15-20)14-18(3)22-10-13-25-11-7-12-25/h6,8-9,15,17-18,21-23H,7,10-14,16H2,1-5H3/t18?,21-/m1/s1. The van der Waals surface area contributed by atoms with E-state index in [1.54, 1.807) is 0 Å². The van der Waals surface area contributed by atoms with E-state index in [1.807, 2.05) is 0 Å². The van der Waals surface area contributed by atoms with Crippen molar-refractivity contribution in [2.45, 2.75) is 51.7 Å². The van der Waals surface area contributed by atoms with Crippen LogP contribution in [0.15, 0.2) is 24.3 Å². The molecule has 25 heavy (non-hydrogen) atoms. The molecule has 0 aromatic heterocycles. The third kappa shape index (κ3) is 7.06. The van der Waals surface area contributed by atoms with E-state index < -0.39 is 0 Å². The average molecular weight is 347 g/mol. The average Bonchev–Trinajstić information content (AvgIpc) is 2.49. The zero-order valence-corrected chi connectivity index (χ0v) is 16.9. The molecule has 4 nitrogen and oxygen atoms in total. The summed E-state index contributed by atoms with van der Waals surface area (Å²) in [7, 11) is 4.33. The molecule has 2 N–H and O–H groups in total. The molecule has 0 amide bonds. The number of likely N-dealkylation sites (tertiary alicyclic amines) is 1. The van der Waals surface area contributed by atoms with Gasteiger partial charge in [-0.25, -0.2) is 0 Å². The fraction of sp³-hybridized carbons (Fsp3) is 0.714. The van der Waals surface area contributed by atoms with Gasteiger partial charge in [0, 0.05) is 37.8 Å². The lowest BCUT2D eigenvalue weighted by atomic mass is 9.99. The summed E-state index contributed by atoms with van der Waals surface area (Å²) in [4.78, 5) is 4.83. The van der Waals surface area contributed by atoms with Gasteiger partial charge in [0.2, 0.25) is 0 Å². The summed E-state index contributed by atoms with van der Waals surface area (Å²) in [5.74, 6) is 0.